The van der Waals surface area contributed by atoms with Crippen molar-refractivity contribution in [2.75, 3.05) is 26.2 Å². The minimum atomic E-state index is -0.0233. The second-order valence-corrected chi connectivity index (χ2v) is 3.91. The van der Waals surface area contributed by atoms with Crippen LogP contribution in [-0.2, 0) is 0 Å². The molecule has 1 aliphatic heterocycles. The number of hydrogen-bond acceptors (Lipinski definition) is 3. The molecule has 2 fully saturated rings. The lowest BCUT2D eigenvalue weighted by atomic mass is 10.2. The fourth-order valence-corrected chi connectivity index (χ4v) is 2.31. The highest BCUT2D eigenvalue weighted by Crippen LogP contribution is 2.23. The van der Waals surface area contributed by atoms with E-state index in [-0.39, 0.29) is 6.10 Å². The quantitative estimate of drug-likeness (QED) is 0.572. The van der Waals surface area contributed by atoms with Crippen molar-refractivity contribution in [3.8, 4) is 0 Å². The molecule has 0 spiro atoms. The van der Waals surface area contributed by atoms with Gasteiger partial charge in [0.2, 0.25) is 0 Å². The average Bonchev–Trinajstić information content (AvgIpc) is 2.54. The summed E-state index contributed by atoms with van der Waals surface area (Å²) in [5.74, 6) is 0. The molecule has 1 saturated carbocycles. The first-order valence-corrected chi connectivity index (χ1v) is 4.99. The molecule has 3 heteroatoms. The maximum absolute atomic E-state index is 9.39. The van der Waals surface area contributed by atoms with Gasteiger partial charge in [-0.1, -0.05) is 0 Å². The van der Waals surface area contributed by atoms with E-state index in [0.29, 0.717) is 6.04 Å². The topological polar surface area (TPSA) is 35.5 Å². The molecule has 1 aliphatic carbocycles. The van der Waals surface area contributed by atoms with Crippen molar-refractivity contribution in [1.82, 2.24) is 10.2 Å². The molecule has 2 rings (SSSR count). The summed E-state index contributed by atoms with van der Waals surface area (Å²) >= 11 is 0. The summed E-state index contributed by atoms with van der Waals surface area (Å²) in [6.45, 7) is 4.56. The molecular weight excluding hydrogens is 152 g/mol. The number of nitrogens with one attached hydrogen (secondary N) is 1. The molecule has 1 saturated heterocycles. The third-order valence-electron chi connectivity index (χ3n) is 3.05. The minimum absolute atomic E-state index is 0.0233. The fourth-order valence-electron chi connectivity index (χ4n) is 2.31. The van der Waals surface area contributed by atoms with E-state index in [4.69, 9.17) is 0 Å². The van der Waals surface area contributed by atoms with Crippen molar-refractivity contribution in [2.45, 2.75) is 31.4 Å². The minimum Gasteiger partial charge on any atom is -0.393 e. The number of rotatable bonds is 1. The highest BCUT2D eigenvalue weighted by Gasteiger charge is 2.28. The lowest BCUT2D eigenvalue weighted by Crippen LogP contribution is -2.47. The number of hydrogen-bond donors (Lipinski definition) is 2. The maximum Gasteiger partial charge on any atom is 0.0555 e. The summed E-state index contributed by atoms with van der Waals surface area (Å²) in [7, 11) is 0. The Morgan fingerprint density at radius 2 is 1.92 bits per heavy atom. The monoisotopic (exact) mass is 170 g/mol. The Bertz CT molecular complexity index is 143. The molecule has 1 heterocycles. The predicted molar refractivity (Wildman–Crippen MR) is 48.1 cm³/mol. The largest absolute Gasteiger partial charge is 0.393 e. The van der Waals surface area contributed by atoms with E-state index < -0.39 is 0 Å². The predicted octanol–water partition coefficient (Wildman–Crippen LogP) is -0.195. The van der Waals surface area contributed by atoms with E-state index in [1.807, 2.05) is 0 Å². The van der Waals surface area contributed by atoms with Crippen LogP contribution in [0.3, 0.4) is 0 Å². The zero-order valence-corrected chi connectivity index (χ0v) is 7.50. The molecule has 0 aromatic rings. The van der Waals surface area contributed by atoms with E-state index in [0.717, 1.165) is 39.0 Å². The standard InChI is InChI=1S/C9H18N2O/c12-9-2-1-8(7-9)11-5-3-10-4-6-11/h8-10,12H,1-7H2/t8-,9-/m1/s1. The van der Waals surface area contributed by atoms with E-state index in [2.05, 4.69) is 10.2 Å². The van der Waals surface area contributed by atoms with Crippen LogP contribution in [0.2, 0.25) is 0 Å². The van der Waals surface area contributed by atoms with E-state index in [1.54, 1.807) is 0 Å². The Balaban J connectivity index is 1.83. The lowest BCUT2D eigenvalue weighted by molar-refractivity contribution is 0.141. The van der Waals surface area contributed by atoms with Crippen molar-refractivity contribution in [3.63, 3.8) is 0 Å². The van der Waals surface area contributed by atoms with Gasteiger partial charge in [0.05, 0.1) is 6.10 Å². The summed E-state index contributed by atoms with van der Waals surface area (Å²) in [6, 6.07) is 0.669. The summed E-state index contributed by atoms with van der Waals surface area (Å²) in [4.78, 5) is 2.52. The molecule has 0 aromatic heterocycles. The highest BCUT2D eigenvalue weighted by atomic mass is 16.3. The second kappa shape index (κ2) is 3.73. The Hall–Kier alpha value is -0.120. The van der Waals surface area contributed by atoms with Crippen LogP contribution in [0.5, 0.6) is 0 Å². The summed E-state index contributed by atoms with van der Waals surface area (Å²) in [5, 5.41) is 12.7. The molecule has 0 radical (unpaired) electrons. The van der Waals surface area contributed by atoms with Crippen LogP contribution < -0.4 is 5.32 Å². The van der Waals surface area contributed by atoms with Gasteiger partial charge >= 0.3 is 0 Å². The highest BCUT2D eigenvalue weighted by molar-refractivity contribution is 4.84. The zero-order chi connectivity index (χ0) is 8.39. The van der Waals surface area contributed by atoms with E-state index in [9.17, 15) is 5.11 Å². The normalized spacial score (nSPS) is 38.8. The summed E-state index contributed by atoms with van der Waals surface area (Å²) < 4.78 is 0. The lowest BCUT2D eigenvalue weighted by Gasteiger charge is -2.32. The molecule has 0 aromatic carbocycles. The van der Waals surface area contributed by atoms with Gasteiger partial charge in [0.25, 0.3) is 0 Å². The van der Waals surface area contributed by atoms with Crippen LogP contribution in [0.4, 0.5) is 0 Å². The molecule has 0 unspecified atom stereocenters. The molecule has 2 aliphatic rings. The van der Waals surface area contributed by atoms with E-state index >= 15 is 0 Å². The number of nitrogens with zero attached hydrogens (tertiary/aromatic N) is 1. The molecule has 2 N–H and O–H groups in total. The Morgan fingerprint density at radius 1 is 1.17 bits per heavy atom. The van der Waals surface area contributed by atoms with Gasteiger partial charge in [-0.2, -0.15) is 0 Å². The zero-order valence-electron chi connectivity index (χ0n) is 7.50. The first-order chi connectivity index (χ1) is 5.86. The molecule has 0 bridgehead atoms. The number of piperazine rings is 1. The Labute approximate surface area is 73.8 Å². The number of aliphatic hydroxyl groups is 1. The molecule has 70 valence electrons. The molecule has 2 atom stereocenters. The van der Waals surface area contributed by atoms with Crippen molar-refractivity contribution in [2.24, 2.45) is 0 Å². The van der Waals surface area contributed by atoms with Crippen molar-refractivity contribution in [1.29, 1.82) is 0 Å². The maximum atomic E-state index is 9.39. The third-order valence-corrected chi connectivity index (χ3v) is 3.05. The van der Waals surface area contributed by atoms with Gasteiger partial charge < -0.3 is 10.4 Å². The van der Waals surface area contributed by atoms with Gasteiger partial charge in [0, 0.05) is 32.2 Å². The first-order valence-electron chi connectivity index (χ1n) is 4.99. The van der Waals surface area contributed by atoms with Crippen molar-refractivity contribution in [3.05, 3.63) is 0 Å². The van der Waals surface area contributed by atoms with Gasteiger partial charge in [-0.15, -0.1) is 0 Å². The van der Waals surface area contributed by atoms with Crippen LogP contribution in [0.15, 0.2) is 0 Å². The summed E-state index contributed by atoms with van der Waals surface area (Å²) in [5.41, 5.74) is 0. The first kappa shape index (κ1) is 8.48. The van der Waals surface area contributed by atoms with Crippen molar-refractivity contribution >= 4 is 0 Å². The average molecular weight is 170 g/mol. The van der Waals surface area contributed by atoms with Gasteiger partial charge in [0.15, 0.2) is 0 Å². The van der Waals surface area contributed by atoms with Gasteiger partial charge in [-0.05, 0) is 19.3 Å². The van der Waals surface area contributed by atoms with Crippen LogP contribution in [0.1, 0.15) is 19.3 Å². The van der Waals surface area contributed by atoms with Gasteiger partial charge in [0.1, 0.15) is 0 Å². The Morgan fingerprint density at radius 3 is 2.50 bits per heavy atom. The second-order valence-electron chi connectivity index (χ2n) is 3.91. The van der Waals surface area contributed by atoms with Crippen LogP contribution in [0, 0.1) is 0 Å². The van der Waals surface area contributed by atoms with E-state index in [1.165, 1.54) is 6.42 Å². The van der Waals surface area contributed by atoms with Crippen molar-refractivity contribution < 1.29 is 5.11 Å². The molecular formula is C9H18N2O. The number of aliphatic hydroxyl groups excluding tert-OH is 1. The molecule has 0 amide bonds. The molecule has 3 nitrogen and oxygen atoms in total. The van der Waals surface area contributed by atoms with Crippen LogP contribution >= 0.6 is 0 Å². The van der Waals surface area contributed by atoms with Crippen LogP contribution in [0.25, 0.3) is 0 Å². The fraction of sp³-hybridized carbons (Fsp3) is 1.00. The van der Waals surface area contributed by atoms with Crippen LogP contribution in [-0.4, -0.2) is 48.3 Å². The van der Waals surface area contributed by atoms with Gasteiger partial charge in [-0.25, -0.2) is 0 Å². The third kappa shape index (κ3) is 1.79. The molecule has 12 heavy (non-hydrogen) atoms. The Kier molecular flexibility index (Phi) is 2.63. The summed E-state index contributed by atoms with van der Waals surface area (Å²) in [6.07, 6.45) is 3.18. The van der Waals surface area contributed by atoms with Gasteiger partial charge in [-0.3, -0.25) is 4.90 Å². The smallest absolute Gasteiger partial charge is 0.0555 e. The SMILES string of the molecule is O[C@@H]1CC[C@@H](N2CCNCC2)C1.